The molecule has 2 aromatic heterocycles. The number of hydrogen-bond donors (Lipinski definition) is 0. The van der Waals surface area contributed by atoms with Gasteiger partial charge in [0.05, 0.1) is 11.9 Å². The minimum atomic E-state index is -1.68. The Bertz CT molecular complexity index is 1590. The van der Waals surface area contributed by atoms with Crippen LogP contribution in [-0.4, -0.2) is 74.9 Å². The molecule has 3 heterocycles. The Morgan fingerprint density at radius 3 is 1.55 bits per heavy atom. The third-order valence-corrected chi connectivity index (χ3v) is 9.93. The van der Waals surface area contributed by atoms with E-state index < -0.39 is 86.7 Å². The Morgan fingerprint density at radius 2 is 1.07 bits per heavy atom. The minimum absolute atomic E-state index is 0.181. The third-order valence-electron chi connectivity index (χ3n) is 9.93. The molecule has 1 aliphatic heterocycles. The first kappa shape index (κ1) is 42.3. The largest absolute Gasteiger partial charge is 0.463 e. The number of carbonyl (C=O) groups is 4. The molecule has 0 amide bonds. The van der Waals surface area contributed by atoms with E-state index in [9.17, 15) is 19.2 Å². The Balaban J connectivity index is 2.12. The molecule has 3 rings (SSSR count). The van der Waals surface area contributed by atoms with E-state index in [4.69, 9.17) is 29.2 Å². The average Bonchev–Trinajstić information content (AvgIpc) is 3.77. The quantitative estimate of drug-likeness (QED) is 0.0403. The van der Waals surface area contributed by atoms with Gasteiger partial charge in [0, 0.05) is 37.3 Å². The van der Waals surface area contributed by atoms with Gasteiger partial charge in [0.1, 0.15) is 18.4 Å². The summed E-state index contributed by atoms with van der Waals surface area (Å²) in [6, 6.07) is 5.22. The summed E-state index contributed by atoms with van der Waals surface area (Å²) in [5.41, 5.74) is 0.778. The van der Waals surface area contributed by atoms with Crippen LogP contribution in [0.25, 0.3) is 11.4 Å². The molecule has 9 atom stereocenters. The topological polar surface area (TPSA) is 158 Å². The average molecular weight is 817 g/mol. The van der Waals surface area contributed by atoms with Crippen LogP contribution < -0.4 is 0 Å². The standard InChI is InChI=1S/C45H72N4O9/c1-5-9-13-17-21-28-38(50)54-34-37-42(56-39(51)29-22-18-14-10-6-2)43(57-40(52)30-23-19-15-11-7-3)44(58-41(53)31-24-20-16-12-8-4)45(55-37)49-33-36(47-48-49)35-27-25-26-32-46-35/h25-27,32-33,37,42-45H,5-24,28-31,34H2,1-4H3/t37-,42-,43+,44-,45?/m1/s1/i28D,29D,30D,31D/t28?,29?,30?,31?,37-,42-,43+,44-,45?. The zero-order valence-electron chi connectivity index (χ0n) is 39.4. The lowest BCUT2D eigenvalue weighted by molar-refractivity contribution is -0.272. The van der Waals surface area contributed by atoms with E-state index in [0.29, 0.717) is 37.1 Å². The van der Waals surface area contributed by atoms with Gasteiger partial charge in [0.15, 0.2) is 24.5 Å². The number of ether oxygens (including phenoxy) is 5. The highest BCUT2D eigenvalue weighted by Gasteiger charge is 2.53. The van der Waals surface area contributed by atoms with Gasteiger partial charge in [-0.3, -0.25) is 24.2 Å². The molecule has 5 unspecified atom stereocenters. The summed E-state index contributed by atoms with van der Waals surface area (Å²) in [5.74, 6) is -3.71. The molecule has 58 heavy (non-hydrogen) atoms. The molecule has 0 radical (unpaired) electrons. The lowest BCUT2D eigenvalue weighted by Crippen LogP contribution is -2.61. The number of unbranched alkanes of at least 4 members (excludes halogenated alkanes) is 12. The van der Waals surface area contributed by atoms with Gasteiger partial charge in [-0.05, 0) is 37.8 Å². The molecule has 0 aromatic carbocycles. The molecule has 0 N–H and O–H groups in total. The summed E-state index contributed by atoms with van der Waals surface area (Å²) in [4.78, 5) is 59.1. The highest BCUT2D eigenvalue weighted by atomic mass is 16.7. The molecular formula is C45H72N4O9. The molecule has 13 heteroatoms. The molecule has 1 saturated heterocycles. The van der Waals surface area contributed by atoms with Gasteiger partial charge in [-0.15, -0.1) is 5.10 Å². The van der Waals surface area contributed by atoms with Gasteiger partial charge in [-0.2, -0.15) is 0 Å². The molecular weight excluding hydrogens is 741 g/mol. The number of hydrogen-bond acceptors (Lipinski definition) is 12. The van der Waals surface area contributed by atoms with Crippen molar-refractivity contribution in [1.82, 2.24) is 20.0 Å². The maximum absolute atomic E-state index is 13.9. The van der Waals surface area contributed by atoms with E-state index in [2.05, 4.69) is 43.0 Å². The van der Waals surface area contributed by atoms with Crippen LogP contribution >= 0.6 is 0 Å². The minimum Gasteiger partial charge on any atom is -0.463 e. The summed E-state index contributed by atoms with van der Waals surface area (Å²) in [5, 5.41) is 8.54. The van der Waals surface area contributed by atoms with Crippen molar-refractivity contribution in [3.05, 3.63) is 30.6 Å². The van der Waals surface area contributed by atoms with Crippen LogP contribution in [0, 0.1) is 0 Å². The van der Waals surface area contributed by atoms with Crippen molar-refractivity contribution in [2.24, 2.45) is 0 Å². The van der Waals surface area contributed by atoms with Crippen molar-refractivity contribution >= 4 is 23.9 Å². The molecule has 13 nitrogen and oxygen atoms in total. The van der Waals surface area contributed by atoms with E-state index >= 15 is 0 Å². The van der Waals surface area contributed by atoms with Crippen LogP contribution in [0.15, 0.2) is 30.6 Å². The molecule has 0 saturated carbocycles. The van der Waals surface area contributed by atoms with Crippen LogP contribution in [0.5, 0.6) is 0 Å². The van der Waals surface area contributed by atoms with Crippen LogP contribution in [0.2, 0.25) is 0 Å². The van der Waals surface area contributed by atoms with Crippen molar-refractivity contribution in [3.63, 3.8) is 0 Å². The number of nitrogens with zero attached hydrogens (tertiary/aromatic N) is 4. The summed E-state index contributed by atoms with van der Waals surface area (Å²) in [6.07, 6.45) is 4.28. The molecule has 0 bridgehead atoms. The first-order chi connectivity index (χ1) is 29.9. The van der Waals surface area contributed by atoms with Crippen LogP contribution in [0.1, 0.15) is 193 Å². The molecule has 0 aliphatic carbocycles. The van der Waals surface area contributed by atoms with Crippen LogP contribution in [-0.2, 0) is 42.9 Å². The maximum Gasteiger partial charge on any atom is 0.306 e. The highest BCUT2D eigenvalue weighted by molar-refractivity contribution is 5.72. The zero-order chi connectivity index (χ0) is 45.3. The Labute approximate surface area is 352 Å². The molecule has 326 valence electrons. The van der Waals surface area contributed by atoms with Gasteiger partial charge in [-0.25, -0.2) is 4.68 Å². The predicted octanol–water partition coefficient (Wildman–Crippen LogP) is 9.96. The number of esters is 4. The Morgan fingerprint density at radius 1 is 0.603 bits per heavy atom. The van der Waals surface area contributed by atoms with E-state index in [1.54, 1.807) is 24.4 Å². The predicted molar refractivity (Wildman–Crippen MR) is 221 cm³/mol. The number of pyridine rings is 1. The van der Waals surface area contributed by atoms with Crippen molar-refractivity contribution in [3.8, 4) is 11.4 Å². The van der Waals surface area contributed by atoms with Gasteiger partial charge in [0.25, 0.3) is 0 Å². The second kappa shape index (κ2) is 29.4. The lowest BCUT2D eigenvalue weighted by Gasteiger charge is -2.44. The molecule has 2 aromatic rings. The fourth-order valence-corrected chi connectivity index (χ4v) is 6.61. The van der Waals surface area contributed by atoms with Gasteiger partial charge in [-0.1, -0.05) is 142 Å². The fourth-order valence-electron chi connectivity index (χ4n) is 6.61. The molecule has 1 aliphatic rings. The van der Waals surface area contributed by atoms with Crippen molar-refractivity contribution < 1.29 is 48.3 Å². The monoisotopic (exact) mass is 817 g/mol. The van der Waals surface area contributed by atoms with Crippen LogP contribution in [0.3, 0.4) is 0 Å². The van der Waals surface area contributed by atoms with Gasteiger partial charge < -0.3 is 23.7 Å². The summed E-state index contributed by atoms with van der Waals surface area (Å²) in [7, 11) is 0. The first-order valence-electron chi connectivity index (χ1n) is 24.2. The first-order valence-corrected chi connectivity index (χ1v) is 21.9. The second-order valence-electron chi connectivity index (χ2n) is 14.9. The van der Waals surface area contributed by atoms with E-state index in [1.807, 2.05) is 0 Å². The normalized spacial score (nSPS) is 22.2. The Kier molecular flexibility index (Phi) is 21.4. The maximum atomic E-state index is 13.9. The van der Waals surface area contributed by atoms with Crippen LogP contribution in [0.4, 0.5) is 0 Å². The SMILES string of the molecule is [2H]C(CCCCCC)C(=O)OC[C@H]1OC(n2cc(-c3ccccn3)nn2)[C@H](OC(=O)C([2H])CCCCCC)[C@@H](OC(=O)C([2H])CCCCCC)[C@@H]1OC(=O)C([2H])CCCCCC. The number of rotatable bonds is 31. The summed E-state index contributed by atoms with van der Waals surface area (Å²) in [6.45, 7) is 7.65. The summed E-state index contributed by atoms with van der Waals surface area (Å²) >= 11 is 0. The van der Waals surface area contributed by atoms with E-state index in [1.165, 1.54) is 10.9 Å². The zero-order valence-corrected chi connectivity index (χ0v) is 35.4. The number of carbonyl (C=O) groups excluding carboxylic acids is 4. The van der Waals surface area contributed by atoms with Crippen molar-refractivity contribution in [2.45, 2.75) is 212 Å². The smallest absolute Gasteiger partial charge is 0.306 e. The van der Waals surface area contributed by atoms with E-state index in [-0.39, 0.29) is 25.7 Å². The van der Waals surface area contributed by atoms with Gasteiger partial charge in [0.2, 0.25) is 0 Å². The van der Waals surface area contributed by atoms with Crippen molar-refractivity contribution in [1.29, 1.82) is 0 Å². The molecule has 0 spiro atoms. The highest BCUT2D eigenvalue weighted by Crippen LogP contribution is 2.36. The van der Waals surface area contributed by atoms with E-state index in [0.717, 1.165) is 77.0 Å². The lowest BCUT2D eigenvalue weighted by atomic mass is 9.96. The second-order valence-corrected chi connectivity index (χ2v) is 14.9. The molecule has 1 fully saturated rings. The Hall–Kier alpha value is -3.87. The third kappa shape index (κ3) is 18.4. The van der Waals surface area contributed by atoms with Crippen molar-refractivity contribution in [2.75, 3.05) is 6.61 Å². The summed E-state index contributed by atoms with van der Waals surface area (Å²) < 4.78 is 66.2. The fraction of sp³-hybridized carbons (Fsp3) is 0.756. The van der Waals surface area contributed by atoms with Gasteiger partial charge >= 0.3 is 23.9 Å². The number of aromatic nitrogens is 4.